The van der Waals surface area contributed by atoms with Crippen LogP contribution in [-0.4, -0.2) is 70.0 Å². The van der Waals surface area contributed by atoms with Crippen LogP contribution in [0.1, 0.15) is 425 Å². The van der Waals surface area contributed by atoms with Gasteiger partial charge in [-0.05, 0) is 57.8 Å². The summed E-state index contributed by atoms with van der Waals surface area (Å²) in [5.74, 6) is -0.808. The Hall–Kier alpha value is -2.29. The molecule has 0 bridgehead atoms. The Morgan fingerprint density at radius 2 is 0.594 bits per heavy atom. The number of phosphoric acid groups is 1. The zero-order chi connectivity index (χ0) is 69.7. The van der Waals surface area contributed by atoms with E-state index in [-0.39, 0.29) is 32.0 Å². The Morgan fingerprint density at radius 3 is 0.885 bits per heavy atom. The van der Waals surface area contributed by atoms with Gasteiger partial charge in [0.25, 0.3) is 7.82 Å². The van der Waals surface area contributed by atoms with E-state index in [0.29, 0.717) is 17.4 Å². The third kappa shape index (κ3) is 80.7. The summed E-state index contributed by atoms with van der Waals surface area (Å²) in [7, 11) is 1.19. The Balaban J connectivity index is 3.88. The van der Waals surface area contributed by atoms with Crippen molar-refractivity contribution >= 4 is 19.8 Å². The van der Waals surface area contributed by atoms with E-state index >= 15 is 0 Å². The number of nitrogens with zero attached hydrogens (tertiary/aromatic N) is 1. The van der Waals surface area contributed by atoms with Crippen LogP contribution in [0.5, 0.6) is 0 Å². The third-order valence-electron chi connectivity index (χ3n) is 19.1. The van der Waals surface area contributed by atoms with Gasteiger partial charge in [-0.3, -0.25) is 14.2 Å². The molecule has 0 aromatic carbocycles. The van der Waals surface area contributed by atoms with Crippen LogP contribution < -0.4 is 4.89 Å². The summed E-state index contributed by atoms with van der Waals surface area (Å²) in [5.41, 5.74) is 0. The molecular formula is C86H162NO8P. The molecule has 9 nitrogen and oxygen atoms in total. The molecule has 0 aliphatic carbocycles. The van der Waals surface area contributed by atoms with Crippen molar-refractivity contribution in [3.8, 4) is 0 Å². The summed E-state index contributed by atoms with van der Waals surface area (Å²) >= 11 is 0. The summed E-state index contributed by atoms with van der Waals surface area (Å²) in [5, 5.41) is 0. The van der Waals surface area contributed by atoms with Crippen LogP contribution in [0.2, 0.25) is 0 Å². The molecule has 0 rings (SSSR count). The SMILES string of the molecule is CC/C=C\C/C=C\C/C=C\C/C=C\C/C=C\CCCCCCCCCCCCCCCCCCCCCCCC(=O)OC(COC(=O)CCCCCCCCCCCCCCCCCCCCCCCCCCCCCCCCCCCCC)COP(=O)([O-])OCC[N+](C)(C)C. The first-order chi connectivity index (χ1) is 47.0. The highest BCUT2D eigenvalue weighted by atomic mass is 31.2. The van der Waals surface area contributed by atoms with Crippen molar-refractivity contribution in [3.05, 3.63) is 60.8 Å². The average molecular weight is 1370 g/mol. The van der Waals surface area contributed by atoms with Crippen LogP contribution in [0, 0.1) is 0 Å². The van der Waals surface area contributed by atoms with Gasteiger partial charge in [0.05, 0.1) is 27.7 Å². The summed E-state index contributed by atoms with van der Waals surface area (Å²) < 4.78 is 34.5. The van der Waals surface area contributed by atoms with Crippen molar-refractivity contribution < 1.29 is 42.1 Å². The number of hydrogen-bond donors (Lipinski definition) is 0. The number of allylic oxidation sites excluding steroid dienone is 10. The van der Waals surface area contributed by atoms with Gasteiger partial charge in [0.1, 0.15) is 19.8 Å². The Bertz CT molecular complexity index is 1800. The predicted molar refractivity (Wildman–Crippen MR) is 416 cm³/mol. The third-order valence-corrected chi connectivity index (χ3v) is 20.0. The number of quaternary nitrogens is 1. The number of ether oxygens (including phenoxy) is 2. The Morgan fingerprint density at radius 1 is 0.333 bits per heavy atom. The molecule has 564 valence electrons. The van der Waals surface area contributed by atoms with Crippen LogP contribution in [0.25, 0.3) is 0 Å². The molecule has 0 aliphatic heterocycles. The molecule has 0 radical (unpaired) electrons. The zero-order valence-corrected chi connectivity index (χ0v) is 65.5. The van der Waals surface area contributed by atoms with E-state index < -0.39 is 26.5 Å². The molecule has 96 heavy (non-hydrogen) atoms. The molecule has 0 N–H and O–H groups in total. The van der Waals surface area contributed by atoms with Gasteiger partial charge in [-0.1, -0.05) is 415 Å². The Kier molecular flexibility index (Phi) is 75.0. The largest absolute Gasteiger partial charge is 0.756 e. The zero-order valence-electron chi connectivity index (χ0n) is 64.6. The second-order valence-electron chi connectivity index (χ2n) is 29.8. The molecule has 0 amide bonds. The molecular weight excluding hydrogens is 1210 g/mol. The predicted octanol–water partition coefficient (Wildman–Crippen LogP) is 27.4. The van der Waals surface area contributed by atoms with Crippen molar-refractivity contribution in [2.75, 3.05) is 47.5 Å². The van der Waals surface area contributed by atoms with Gasteiger partial charge < -0.3 is 27.9 Å². The molecule has 0 saturated carbocycles. The first-order valence-electron chi connectivity index (χ1n) is 42.0. The van der Waals surface area contributed by atoms with Gasteiger partial charge in [0, 0.05) is 12.8 Å². The van der Waals surface area contributed by atoms with Crippen LogP contribution >= 0.6 is 7.82 Å². The number of likely N-dealkylation sites (N-methyl/N-ethyl adjacent to an activating group) is 1. The molecule has 0 heterocycles. The Labute approximate surface area is 597 Å². The quantitative estimate of drug-likeness (QED) is 0.0195. The van der Waals surface area contributed by atoms with Crippen LogP contribution in [0.3, 0.4) is 0 Å². The van der Waals surface area contributed by atoms with E-state index in [4.69, 9.17) is 18.5 Å². The minimum absolute atomic E-state index is 0.0281. The molecule has 0 aromatic heterocycles. The van der Waals surface area contributed by atoms with Crippen LogP contribution in [-0.2, 0) is 32.7 Å². The highest BCUT2D eigenvalue weighted by Gasteiger charge is 2.22. The van der Waals surface area contributed by atoms with Crippen molar-refractivity contribution in [2.45, 2.75) is 431 Å². The normalized spacial score (nSPS) is 13.3. The first kappa shape index (κ1) is 93.7. The lowest BCUT2D eigenvalue weighted by Gasteiger charge is -2.28. The second-order valence-corrected chi connectivity index (χ2v) is 31.2. The fourth-order valence-electron chi connectivity index (χ4n) is 12.7. The standard InChI is InChI=1S/C86H162NO8P/c1-6-8-10-12-14-16-18-20-22-24-26-28-30-32-34-36-38-40-42-43-45-47-49-51-53-55-57-59-61-63-65-67-69-71-73-75-77-79-86(89)95-84(83-94-96(90,91)93-81-80-87(3,4)5)82-92-85(88)78-76-74-72-70-68-66-64-62-60-58-56-54-52-50-48-46-44-41-39-37-35-33-31-29-27-25-23-21-19-17-15-13-11-9-7-2/h8,10,14,16,20,22,26,28,32,34,84H,6-7,9,11-13,15,17-19,21,23-25,27,29-31,33,35-83H2,1-5H3/b10-8-,16-14-,22-20-,28-26-,34-32-. The lowest BCUT2D eigenvalue weighted by Crippen LogP contribution is -2.37. The maximum absolute atomic E-state index is 12.9. The molecule has 10 heteroatoms. The van der Waals surface area contributed by atoms with Gasteiger partial charge in [-0.25, -0.2) is 0 Å². The maximum Gasteiger partial charge on any atom is 0.306 e. The van der Waals surface area contributed by atoms with Gasteiger partial charge in [0.15, 0.2) is 6.10 Å². The van der Waals surface area contributed by atoms with Crippen molar-refractivity contribution in [1.29, 1.82) is 0 Å². The lowest BCUT2D eigenvalue weighted by molar-refractivity contribution is -0.870. The van der Waals surface area contributed by atoms with Gasteiger partial charge in [-0.15, -0.1) is 0 Å². The monoisotopic (exact) mass is 1370 g/mol. The summed E-state index contributed by atoms with van der Waals surface area (Å²) in [6.07, 6.45) is 104. The fraction of sp³-hybridized carbons (Fsp3) is 0.860. The van der Waals surface area contributed by atoms with Crippen molar-refractivity contribution in [2.24, 2.45) is 0 Å². The van der Waals surface area contributed by atoms with Gasteiger partial charge in [-0.2, -0.15) is 0 Å². The molecule has 0 fully saturated rings. The topological polar surface area (TPSA) is 111 Å². The van der Waals surface area contributed by atoms with E-state index in [2.05, 4.69) is 74.6 Å². The van der Waals surface area contributed by atoms with Gasteiger partial charge in [0.2, 0.25) is 0 Å². The van der Waals surface area contributed by atoms with E-state index in [1.54, 1.807) is 0 Å². The second kappa shape index (κ2) is 76.9. The highest BCUT2D eigenvalue weighted by Crippen LogP contribution is 2.38. The number of rotatable bonds is 79. The molecule has 0 aromatic rings. The molecule has 2 atom stereocenters. The molecule has 2 unspecified atom stereocenters. The van der Waals surface area contributed by atoms with E-state index in [9.17, 15) is 19.0 Å². The lowest BCUT2D eigenvalue weighted by atomic mass is 10.0. The van der Waals surface area contributed by atoms with Crippen LogP contribution in [0.15, 0.2) is 60.8 Å². The van der Waals surface area contributed by atoms with Crippen molar-refractivity contribution in [1.82, 2.24) is 0 Å². The highest BCUT2D eigenvalue weighted by molar-refractivity contribution is 7.45. The summed E-state index contributed by atoms with van der Waals surface area (Å²) in [4.78, 5) is 38.2. The first-order valence-corrected chi connectivity index (χ1v) is 43.5. The van der Waals surface area contributed by atoms with E-state index in [1.807, 2.05) is 21.1 Å². The molecule has 0 aliphatic rings. The number of unbranched alkanes of at least 4 members (excludes halogenated alkanes) is 55. The average Bonchev–Trinajstić information content (AvgIpc) is 2.72. The minimum Gasteiger partial charge on any atom is -0.756 e. The number of carbonyl (C=O) groups excluding carboxylic acids is 2. The molecule has 0 spiro atoms. The number of esters is 2. The minimum atomic E-state index is -4.64. The summed E-state index contributed by atoms with van der Waals surface area (Å²) in [6.45, 7) is 4.21. The fourth-order valence-corrected chi connectivity index (χ4v) is 13.4. The van der Waals surface area contributed by atoms with Gasteiger partial charge >= 0.3 is 11.9 Å². The number of hydrogen-bond acceptors (Lipinski definition) is 8. The number of phosphoric ester groups is 1. The summed E-state index contributed by atoms with van der Waals surface area (Å²) in [6, 6.07) is 0. The number of carbonyl (C=O) groups is 2. The molecule has 0 saturated heterocycles. The maximum atomic E-state index is 12.9. The van der Waals surface area contributed by atoms with E-state index in [0.717, 1.165) is 64.2 Å². The smallest absolute Gasteiger partial charge is 0.306 e. The van der Waals surface area contributed by atoms with E-state index in [1.165, 1.54) is 327 Å². The van der Waals surface area contributed by atoms with Crippen molar-refractivity contribution in [3.63, 3.8) is 0 Å². The van der Waals surface area contributed by atoms with Crippen LogP contribution in [0.4, 0.5) is 0 Å².